The molecule has 1 heterocycles. The van der Waals surface area contributed by atoms with Crippen molar-refractivity contribution in [1.29, 1.82) is 0 Å². The van der Waals surface area contributed by atoms with E-state index in [0.717, 1.165) is 22.0 Å². The summed E-state index contributed by atoms with van der Waals surface area (Å²) in [6, 6.07) is 25.0. The average Bonchev–Trinajstić information content (AvgIpc) is 2.87. The maximum Gasteiger partial charge on any atom is 0.326 e. The van der Waals surface area contributed by atoms with Crippen LogP contribution in [0.5, 0.6) is 0 Å². The Morgan fingerprint density at radius 1 is 0.943 bits per heavy atom. The summed E-state index contributed by atoms with van der Waals surface area (Å²) in [5, 5.41) is -0.343. The monoisotopic (exact) mass is 509 g/mol. The van der Waals surface area contributed by atoms with Gasteiger partial charge >= 0.3 is 5.97 Å². The molecule has 0 bridgehead atoms. The number of nitrogens with zero attached hydrogens (tertiary/aromatic N) is 2. The largest absolute Gasteiger partial charge is 0.459 e. The number of rotatable bonds is 6. The first-order valence-electron chi connectivity index (χ1n) is 10.4. The van der Waals surface area contributed by atoms with Gasteiger partial charge in [-0.15, -0.1) is 0 Å². The molecule has 0 aliphatic rings. The smallest absolute Gasteiger partial charge is 0.326 e. The van der Waals surface area contributed by atoms with Crippen LogP contribution in [-0.2, 0) is 22.7 Å². The van der Waals surface area contributed by atoms with Gasteiger partial charge in [0.25, 0.3) is 5.56 Å². The minimum absolute atomic E-state index is 0.0129. The van der Waals surface area contributed by atoms with E-state index >= 15 is 0 Å². The third kappa shape index (κ3) is 7.27. The number of aromatic nitrogens is 2. The van der Waals surface area contributed by atoms with Gasteiger partial charge < -0.3 is 10.5 Å². The van der Waals surface area contributed by atoms with E-state index in [-0.39, 0.29) is 29.2 Å². The Morgan fingerprint density at radius 2 is 1.60 bits per heavy atom. The number of esters is 1. The highest BCUT2D eigenvalue weighted by atomic mass is 35.5. The van der Waals surface area contributed by atoms with Crippen molar-refractivity contribution in [3.05, 3.63) is 117 Å². The zero-order valence-corrected chi connectivity index (χ0v) is 19.9. The van der Waals surface area contributed by atoms with Gasteiger partial charge in [-0.2, -0.15) is 0 Å². The van der Waals surface area contributed by atoms with Crippen molar-refractivity contribution in [2.75, 3.05) is 5.73 Å². The van der Waals surface area contributed by atoms with Crippen LogP contribution in [0.15, 0.2) is 89.7 Å². The summed E-state index contributed by atoms with van der Waals surface area (Å²) >= 11 is 12.1. The first-order chi connectivity index (χ1) is 16.9. The van der Waals surface area contributed by atoms with Crippen molar-refractivity contribution >= 4 is 41.1 Å². The Hall–Kier alpha value is -3.94. The van der Waals surface area contributed by atoms with Crippen molar-refractivity contribution in [3.8, 4) is 11.3 Å². The van der Waals surface area contributed by atoms with E-state index in [1.807, 2.05) is 48.5 Å². The molecule has 0 aliphatic heterocycles. The van der Waals surface area contributed by atoms with Crippen LogP contribution in [0.4, 0.5) is 5.69 Å². The topological polar surface area (TPSA) is 104 Å². The van der Waals surface area contributed by atoms with E-state index in [1.54, 1.807) is 36.4 Å². The van der Waals surface area contributed by atoms with Crippen molar-refractivity contribution in [1.82, 2.24) is 9.55 Å². The molecule has 0 aliphatic carbocycles. The van der Waals surface area contributed by atoms with Crippen LogP contribution < -0.4 is 11.3 Å². The summed E-state index contributed by atoms with van der Waals surface area (Å²) in [5.41, 5.74) is 7.99. The molecular weight excluding hydrogens is 489 g/mol. The van der Waals surface area contributed by atoms with Crippen LogP contribution in [-0.4, -0.2) is 21.8 Å². The van der Waals surface area contributed by atoms with Gasteiger partial charge in [0.2, 0.25) is 0 Å². The highest BCUT2D eigenvalue weighted by Crippen LogP contribution is 2.27. The lowest BCUT2D eigenvalue weighted by Crippen LogP contribution is -2.28. The van der Waals surface area contributed by atoms with Crippen LogP contribution in [0.3, 0.4) is 0 Å². The molecule has 0 atom stereocenters. The SMILES string of the molecule is Nc1cccc(-c2c(Cl)nc(Cl)c(=O)n2CC(=O)OCc2ccccc2)c1.O=Cc1ccccc1. The fourth-order valence-corrected chi connectivity index (χ4v) is 3.59. The Bertz CT molecular complexity index is 1360. The molecule has 4 rings (SSSR count). The quantitative estimate of drug-likeness (QED) is 0.221. The zero-order chi connectivity index (χ0) is 25.2. The minimum atomic E-state index is -0.643. The fraction of sp³-hybridized carbons (Fsp3) is 0.0769. The summed E-state index contributed by atoms with van der Waals surface area (Å²) in [5.74, 6) is -0.607. The molecule has 35 heavy (non-hydrogen) atoms. The molecular formula is C26H21Cl2N3O4. The second kappa shape index (κ2) is 12.5. The predicted octanol–water partition coefficient (Wildman–Crippen LogP) is 5.04. The molecule has 0 spiro atoms. The van der Waals surface area contributed by atoms with Gasteiger partial charge in [0, 0.05) is 16.8 Å². The number of hydrogen-bond acceptors (Lipinski definition) is 6. The predicted molar refractivity (Wildman–Crippen MR) is 136 cm³/mol. The minimum Gasteiger partial charge on any atom is -0.459 e. The highest BCUT2D eigenvalue weighted by molar-refractivity contribution is 6.33. The maximum absolute atomic E-state index is 12.5. The molecule has 0 radical (unpaired) electrons. The summed E-state index contributed by atoms with van der Waals surface area (Å²) in [4.78, 5) is 38.6. The number of ether oxygens (including phenoxy) is 1. The van der Waals surface area contributed by atoms with Gasteiger partial charge in [-0.1, -0.05) is 96.0 Å². The number of nitrogen functional groups attached to an aromatic ring is 1. The molecule has 0 amide bonds. The molecule has 3 aromatic carbocycles. The van der Waals surface area contributed by atoms with Crippen molar-refractivity contribution in [3.63, 3.8) is 0 Å². The van der Waals surface area contributed by atoms with Crippen LogP contribution in [0.2, 0.25) is 10.3 Å². The third-order valence-electron chi connectivity index (χ3n) is 4.71. The first kappa shape index (κ1) is 25.7. The summed E-state index contributed by atoms with van der Waals surface area (Å²) in [6.45, 7) is -0.271. The maximum atomic E-state index is 12.5. The number of hydrogen-bond donors (Lipinski definition) is 1. The Kier molecular flexibility index (Phi) is 9.17. The second-order valence-electron chi connectivity index (χ2n) is 7.23. The molecule has 4 aromatic rings. The summed E-state index contributed by atoms with van der Waals surface area (Å²) in [7, 11) is 0. The van der Waals surface area contributed by atoms with E-state index in [2.05, 4.69) is 4.98 Å². The molecule has 7 nitrogen and oxygen atoms in total. The number of carbonyl (C=O) groups excluding carboxylic acids is 2. The second-order valence-corrected chi connectivity index (χ2v) is 7.95. The van der Waals surface area contributed by atoms with Gasteiger partial charge in [0.1, 0.15) is 19.4 Å². The molecule has 0 saturated heterocycles. The van der Waals surface area contributed by atoms with E-state index in [9.17, 15) is 14.4 Å². The lowest BCUT2D eigenvalue weighted by atomic mass is 10.1. The number of aldehydes is 1. The van der Waals surface area contributed by atoms with Gasteiger partial charge in [-0.25, -0.2) is 4.98 Å². The highest BCUT2D eigenvalue weighted by Gasteiger charge is 2.19. The Morgan fingerprint density at radius 3 is 2.20 bits per heavy atom. The lowest BCUT2D eigenvalue weighted by Gasteiger charge is -2.14. The van der Waals surface area contributed by atoms with Crippen LogP contribution >= 0.6 is 23.2 Å². The number of anilines is 1. The van der Waals surface area contributed by atoms with Crippen LogP contribution in [0.25, 0.3) is 11.3 Å². The zero-order valence-electron chi connectivity index (χ0n) is 18.4. The van der Waals surface area contributed by atoms with E-state index in [4.69, 9.17) is 33.7 Å². The average molecular weight is 510 g/mol. The van der Waals surface area contributed by atoms with Crippen molar-refractivity contribution in [2.24, 2.45) is 0 Å². The first-order valence-corrected chi connectivity index (χ1v) is 11.2. The summed E-state index contributed by atoms with van der Waals surface area (Å²) in [6.07, 6.45) is 0.833. The third-order valence-corrected chi connectivity index (χ3v) is 5.22. The van der Waals surface area contributed by atoms with Gasteiger partial charge in [-0.3, -0.25) is 19.0 Å². The number of benzene rings is 3. The number of nitrogens with two attached hydrogens (primary N) is 1. The fourth-order valence-electron chi connectivity index (χ4n) is 3.07. The molecule has 0 fully saturated rings. The normalized spacial score (nSPS) is 10.1. The van der Waals surface area contributed by atoms with Crippen molar-refractivity contribution < 1.29 is 14.3 Å². The molecule has 178 valence electrons. The van der Waals surface area contributed by atoms with E-state index in [0.29, 0.717) is 11.3 Å². The van der Waals surface area contributed by atoms with Gasteiger partial charge in [0.05, 0.1) is 5.69 Å². The molecule has 0 unspecified atom stereocenters. The van der Waals surface area contributed by atoms with Crippen molar-refractivity contribution in [2.45, 2.75) is 13.2 Å². The number of carbonyl (C=O) groups is 2. The van der Waals surface area contributed by atoms with Gasteiger partial charge in [0.15, 0.2) is 10.3 Å². The van der Waals surface area contributed by atoms with Crippen LogP contribution in [0.1, 0.15) is 15.9 Å². The van der Waals surface area contributed by atoms with Gasteiger partial charge in [-0.05, 0) is 17.7 Å². The Labute approximate surface area is 211 Å². The number of halogens is 2. The molecule has 1 aromatic heterocycles. The molecule has 9 heteroatoms. The Balaban J connectivity index is 0.000000363. The summed E-state index contributed by atoms with van der Waals surface area (Å²) < 4.78 is 6.39. The molecule has 2 N–H and O–H groups in total. The standard InChI is InChI=1S/C19H15Cl2N3O3.C7H6O/c20-17-16(13-7-4-8-14(22)9-13)24(19(26)18(21)23-17)10-15(25)27-11-12-5-2-1-3-6-12;8-6-7-4-2-1-3-5-7/h1-9H,10-11,22H2;1-6H. The molecule has 0 saturated carbocycles. The van der Waals surface area contributed by atoms with E-state index < -0.39 is 11.5 Å². The van der Waals surface area contributed by atoms with Crippen LogP contribution in [0, 0.1) is 0 Å². The van der Waals surface area contributed by atoms with E-state index in [1.165, 1.54) is 0 Å². The lowest BCUT2D eigenvalue weighted by molar-refractivity contribution is -0.145.